The van der Waals surface area contributed by atoms with Crippen molar-refractivity contribution in [1.82, 2.24) is 4.98 Å². The summed E-state index contributed by atoms with van der Waals surface area (Å²) in [7, 11) is 0. The molecule has 0 unspecified atom stereocenters. The minimum atomic E-state index is -4.99. The number of anilines is 2. The lowest BCUT2D eigenvalue weighted by atomic mass is 10.1. The van der Waals surface area contributed by atoms with Crippen LogP contribution in [0, 0.1) is 11.6 Å². The van der Waals surface area contributed by atoms with Gasteiger partial charge in [0.2, 0.25) is 0 Å². The maximum absolute atomic E-state index is 14.9. The Kier molecular flexibility index (Phi) is 5.21. The number of hydrogen-bond donors (Lipinski definition) is 0. The van der Waals surface area contributed by atoms with Crippen LogP contribution in [0.1, 0.15) is 46.0 Å². The molecule has 0 N–H and O–H groups in total. The van der Waals surface area contributed by atoms with Crippen LogP contribution in [0.3, 0.4) is 0 Å². The lowest BCUT2D eigenvalue weighted by molar-refractivity contribution is -0.161. The fourth-order valence-electron chi connectivity index (χ4n) is 4.85. The number of benzene rings is 1. The van der Waals surface area contributed by atoms with Gasteiger partial charge in [-0.15, -0.1) is 0 Å². The van der Waals surface area contributed by atoms with Crippen molar-refractivity contribution >= 4 is 40.7 Å². The largest absolute Gasteiger partial charge is 0.416 e. The molecule has 2 aliphatic heterocycles. The van der Waals surface area contributed by atoms with Crippen molar-refractivity contribution in [3.8, 4) is 0 Å². The van der Waals surface area contributed by atoms with E-state index in [9.17, 15) is 36.3 Å². The molecule has 14 heteroatoms. The van der Waals surface area contributed by atoms with Crippen LogP contribution in [-0.2, 0) is 31.7 Å². The third kappa shape index (κ3) is 4.12. The summed E-state index contributed by atoms with van der Waals surface area (Å²) >= 11 is 5.73. The Labute approximate surface area is 221 Å². The number of carbonyl (C=O) groups is 3. The summed E-state index contributed by atoms with van der Waals surface area (Å²) in [5.74, 6) is -8.45. The normalized spacial score (nSPS) is 25.6. The van der Waals surface area contributed by atoms with Gasteiger partial charge in [-0.2, -0.15) is 13.2 Å². The summed E-state index contributed by atoms with van der Waals surface area (Å²) in [5, 5.41) is -0.740. The quantitative estimate of drug-likeness (QED) is 0.414. The lowest BCUT2D eigenvalue weighted by Crippen LogP contribution is -2.51. The monoisotopic (exact) mass is 562 g/mol. The maximum atomic E-state index is 14.9. The van der Waals surface area contributed by atoms with E-state index in [2.05, 4.69) is 4.98 Å². The van der Waals surface area contributed by atoms with Crippen molar-refractivity contribution in [2.45, 2.75) is 56.9 Å². The average Bonchev–Trinajstić information content (AvgIpc) is 3.44. The first-order valence-corrected chi connectivity index (χ1v) is 11.5. The molecule has 0 bridgehead atoms. The zero-order valence-corrected chi connectivity index (χ0v) is 20.3. The van der Waals surface area contributed by atoms with Crippen LogP contribution in [0.15, 0.2) is 18.2 Å². The number of alkyl halides is 3. The number of halogens is 6. The molecule has 2 saturated heterocycles. The molecule has 2 amide bonds. The maximum Gasteiger partial charge on any atom is 0.416 e. The Morgan fingerprint density at radius 2 is 1.89 bits per heavy atom. The van der Waals surface area contributed by atoms with Gasteiger partial charge in [0.15, 0.2) is 17.7 Å². The Bertz CT molecular complexity index is 1500. The smallest absolute Gasteiger partial charge is 0.341 e. The number of likely N-dealkylation sites (N-methyl/N-ethyl adjacent to an activating group) is 1. The SMILES string of the molecule is [2H]C([2H])([2H])N(C(=O)[C@@H]1[C@@H]2OC(C)(C)O[C@@H]2C(=O)N1c1cc(C(F)(F)F)c2c(n1)C(=O)CC2)c1cc(Cl)c(F)cc1F. The molecule has 8 nitrogen and oxygen atoms in total. The van der Waals surface area contributed by atoms with Crippen molar-refractivity contribution in [2.24, 2.45) is 0 Å². The topological polar surface area (TPSA) is 89.0 Å². The van der Waals surface area contributed by atoms with Crippen molar-refractivity contribution in [3.05, 3.63) is 51.7 Å². The molecule has 1 aromatic carbocycles. The summed E-state index contributed by atoms with van der Waals surface area (Å²) in [5.41, 5.74) is -3.21. The Balaban J connectivity index is 1.71. The zero-order chi connectivity index (χ0) is 30.4. The summed E-state index contributed by atoms with van der Waals surface area (Å²) in [6, 6.07) is -0.817. The molecular weight excluding hydrogens is 541 g/mol. The van der Waals surface area contributed by atoms with Crippen molar-refractivity contribution in [1.29, 1.82) is 0 Å². The first kappa shape index (κ1) is 22.8. The molecule has 5 rings (SSSR count). The van der Waals surface area contributed by atoms with E-state index in [1.165, 1.54) is 13.8 Å². The molecule has 2 aromatic rings. The van der Waals surface area contributed by atoms with E-state index in [1.807, 2.05) is 0 Å². The van der Waals surface area contributed by atoms with Gasteiger partial charge in [0, 0.05) is 23.6 Å². The summed E-state index contributed by atoms with van der Waals surface area (Å²) in [6.45, 7) is -0.724. The first-order chi connectivity index (χ1) is 18.8. The van der Waals surface area contributed by atoms with Gasteiger partial charge in [0.1, 0.15) is 35.3 Å². The van der Waals surface area contributed by atoms with E-state index < -0.39 is 94.2 Å². The van der Waals surface area contributed by atoms with Gasteiger partial charge in [-0.3, -0.25) is 19.3 Å². The van der Waals surface area contributed by atoms with Crippen molar-refractivity contribution in [2.75, 3.05) is 16.8 Å². The average molecular weight is 563 g/mol. The number of aromatic nitrogens is 1. The number of ether oxygens (including phenoxy) is 2. The highest BCUT2D eigenvalue weighted by Crippen LogP contribution is 2.43. The highest BCUT2D eigenvalue weighted by molar-refractivity contribution is 6.31. The molecule has 1 aromatic heterocycles. The lowest BCUT2D eigenvalue weighted by Gasteiger charge is -2.31. The van der Waals surface area contributed by atoms with E-state index in [1.54, 1.807) is 0 Å². The van der Waals surface area contributed by atoms with Gasteiger partial charge in [0.25, 0.3) is 11.8 Å². The minimum Gasteiger partial charge on any atom is -0.341 e. The second-order valence-electron chi connectivity index (χ2n) is 9.34. The molecule has 0 spiro atoms. The molecule has 3 atom stereocenters. The van der Waals surface area contributed by atoms with E-state index in [-0.39, 0.29) is 29.4 Å². The van der Waals surface area contributed by atoms with Crippen LogP contribution >= 0.6 is 11.6 Å². The van der Waals surface area contributed by atoms with E-state index >= 15 is 0 Å². The van der Waals surface area contributed by atoms with E-state index in [4.69, 9.17) is 25.2 Å². The number of pyridine rings is 1. The summed E-state index contributed by atoms with van der Waals surface area (Å²) in [6.07, 6.45) is -8.73. The molecular formula is C24H19ClF5N3O5. The molecule has 3 heterocycles. The van der Waals surface area contributed by atoms with Crippen LogP contribution in [0.2, 0.25) is 5.02 Å². The predicted molar refractivity (Wildman–Crippen MR) is 122 cm³/mol. The number of hydrogen-bond acceptors (Lipinski definition) is 6. The predicted octanol–water partition coefficient (Wildman–Crippen LogP) is 4.06. The van der Waals surface area contributed by atoms with Crippen LogP contribution < -0.4 is 9.80 Å². The third-order valence-electron chi connectivity index (χ3n) is 6.43. The van der Waals surface area contributed by atoms with Gasteiger partial charge >= 0.3 is 6.18 Å². The number of fused-ring (bicyclic) bond motifs is 2. The van der Waals surface area contributed by atoms with Gasteiger partial charge < -0.3 is 14.4 Å². The van der Waals surface area contributed by atoms with Gasteiger partial charge in [0.05, 0.1) is 16.3 Å². The Hall–Kier alpha value is -3.16. The number of amides is 2. The standard InChI is InChI=1S/C24H19ClF5N3O5/c1-23(2)37-19-18(21(35)32(3)14-7-11(25)12(26)8-13(14)27)33(22(36)20(19)38-23)16-6-10(24(28,29)30)9-4-5-15(34)17(9)31-16/h6-8,18-20H,4-5H2,1-3H3/t18-,19-,20-/m0/s1/i3D3. The number of carbonyl (C=O) groups excluding carboxylic acids is 3. The molecule has 38 heavy (non-hydrogen) atoms. The Morgan fingerprint density at radius 3 is 2.55 bits per heavy atom. The molecule has 1 aliphatic carbocycles. The molecule has 0 saturated carbocycles. The van der Waals surface area contributed by atoms with Gasteiger partial charge in [-0.25, -0.2) is 13.8 Å². The van der Waals surface area contributed by atoms with Gasteiger partial charge in [-0.05, 0) is 38.0 Å². The number of Topliss-reactive ketones (excluding diaryl/α,β-unsaturated/α-hetero) is 1. The Morgan fingerprint density at radius 1 is 1.18 bits per heavy atom. The second kappa shape index (κ2) is 8.68. The molecule has 0 radical (unpaired) electrons. The molecule has 3 aliphatic rings. The van der Waals surface area contributed by atoms with Crippen molar-refractivity contribution < 1.29 is 49.9 Å². The first-order valence-electron chi connectivity index (χ1n) is 12.6. The van der Waals surface area contributed by atoms with E-state index in [0.717, 1.165) is 0 Å². The van der Waals surface area contributed by atoms with Crippen molar-refractivity contribution in [3.63, 3.8) is 0 Å². The minimum absolute atomic E-state index is 0.0706. The van der Waals surface area contributed by atoms with E-state index in [0.29, 0.717) is 17.0 Å². The third-order valence-corrected chi connectivity index (χ3v) is 6.72. The summed E-state index contributed by atoms with van der Waals surface area (Å²) in [4.78, 5) is 44.3. The van der Waals surface area contributed by atoms with Crippen LogP contribution in [0.5, 0.6) is 0 Å². The van der Waals surface area contributed by atoms with Crippen LogP contribution in [0.25, 0.3) is 0 Å². The fourth-order valence-corrected chi connectivity index (χ4v) is 5.01. The van der Waals surface area contributed by atoms with Crippen LogP contribution in [-0.4, -0.2) is 53.6 Å². The summed E-state index contributed by atoms with van der Waals surface area (Å²) < 4.78 is 106. The van der Waals surface area contributed by atoms with Gasteiger partial charge in [-0.1, -0.05) is 11.6 Å². The molecule has 2 fully saturated rings. The fraction of sp³-hybridized carbons (Fsp3) is 0.417. The highest BCUT2D eigenvalue weighted by atomic mass is 35.5. The number of nitrogens with zero attached hydrogens (tertiary/aromatic N) is 3. The number of ketones is 1. The van der Waals surface area contributed by atoms with Crippen LogP contribution in [0.4, 0.5) is 33.5 Å². The molecule has 202 valence electrons. The number of rotatable bonds is 3. The zero-order valence-electron chi connectivity index (χ0n) is 22.5. The highest BCUT2D eigenvalue weighted by Gasteiger charge is 2.61. The second-order valence-corrected chi connectivity index (χ2v) is 9.75.